The van der Waals surface area contributed by atoms with E-state index < -0.39 is 58.8 Å². The Balaban J connectivity index is 1.37. The van der Waals surface area contributed by atoms with Crippen LogP contribution in [0.3, 0.4) is 0 Å². The lowest BCUT2D eigenvalue weighted by Crippen LogP contribution is -2.26. The number of aliphatic carboxylic acids is 2. The average Bonchev–Trinajstić information content (AvgIpc) is 3.15. The highest BCUT2D eigenvalue weighted by molar-refractivity contribution is 5.74. The number of carbonyl (C=O) groups is 2. The van der Waals surface area contributed by atoms with Crippen LogP contribution in [0.2, 0.25) is 0 Å². The smallest absolute Gasteiger partial charge is 0.417 e. The number of hydrogen-bond acceptors (Lipinski definition) is 6. The number of carboxylic acids is 2. The fourth-order valence-corrected chi connectivity index (χ4v) is 6.07. The van der Waals surface area contributed by atoms with Crippen LogP contribution in [0.15, 0.2) is 84.9 Å². The summed E-state index contributed by atoms with van der Waals surface area (Å²) >= 11 is 0. The van der Waals surface area contributed by atoms with E-state index in [1.54, 1.807) is 62.4 Å². The van der Waals surface area contributed by atoms with Gasteiger partial charge in [0.2, 0.25) is 0 Å². The van der Waals surface area contributed by atoms with Gasteiger partial charge in [-0.25, -0.2) is 9.59 Å². The van der Waals surface area contributed by atoms with Crippen LogP contribution in [0.4, 0.5) is 26.3 Å². The topological polar surface area (TPSA) is 112 Å². The van der Waals surface area contributed by atoms with Crippen molar-refractivity contribution in [2.24, 2.45) is 0 Å². The Morgan fingerprint density at radius 3 is 1.20 bits per heavy atom. The lowest BCUT2D eigenvalue weighted by atomic mass is 9.91. The van der Waals surface area contributed by atoms with E-state index >= 15 is 0 Å². The van der Waals surface area contributed by atoms with Gasteiger partial charge >= 0.3 is 24.3 Å². The third-order valence-corrected chi connectivity index (χ3v) is 8.80. The molecule has 0 amide bonds. The quantitative estimate of drug-likeness (QED) is 0.0635. The summed E-state index contributed by atoms with van der Waals surface area (Å²) in [4.78, 5) is 22.7. The van der Waals surface area contributed by atoms with E-state index in [-0.39, 0.29) is 63.2 Å². The van der Waals surface area contributed by atoms with Gasteiger partial charge in [0.1, 0.15) is 11.5 Å². The van der Waals surface area contributed by atoms with E-state index in [1.165, 1.54) is 12.1 Å². The Kier molecular flexibility index (Phi) is 15.7. The van der Waals surface area contributed by atoms with Crippen molar-refractivity contribution in [1.29, 1.82) is 0 Å². The first-order valence-corrected chi connectivity index (χ1v) is 18.1. The molecule has 0 fully saturated rings. The van der Waals surface area contributed by atoms with Crippen LogP contribution in [0.5, 0.6) is 11.5 Å². The molecule has 0 saturated heterocycles. The van der Waals surface area contributed by atoms with Gasteiger partial charge in [-0.05, 0) is 109 Å². The second-order valence-electron chi connectivity index (χ2n) is 12.9. The number of carboxylic acid groups (broad SMARTS) is 2. The number of alkyl halides is 6. The van der Waals surface area contributed by atoms with E-state index in [9.17, 15) is 46.1 Å². The van der Waals surface area contributed by atoms with Crippen molar-refractivity contribution in [2.75, 3.05) is 26.4 Å². The number of rotatable bonds is 21. The molecular formula is C42H44F6O8. The summed E-state index contributed by atoms with van der Waals surface area (Å²) in [7, 11) is 0. The SMILES string of the molecule is CCO[C@@H](Cc1ccc(OCCCc2ccc(-c3ccc(CCCOc4ccc(C[C@H](OCC)C(=O)O)cc4)cc3C(F)(F)F)c(C(F)(F)F)c2)cc1)C(=O)O. The Labute approximate surface area is 321 Å². The monoisotopic (exact) mass is 790 g/mol. The van der Waals surface area contributed by atoms with Gasteiger partial charge < -0.3 is 29.2 Å². The molecular weight excluding hydrogens is 746 g/mol. The molecule has 14 heteroatoms. The highest BCUT2D eigenvalue weighted by Gasteiger charge is 2.38. The van der Waals surface area contributed by atoms with Crippen LogP contribution < -0.4 is 9.47 Å². The maximum atomic E-state index is 14.3. The molecule has 0 aliphatic carbocycles. The third kappa shape index (κ3) is 13.0. The predicted molar refractivity (Wildman–Crippen MR) is 196 cm³/mol. The molecule has 4 aromatic carbocycles. The first-order valence-electron chi connectivity index (χ1n) is 18.1. The summed E-state index contributed by atoms with van der Waals surface area (Å²) in [6.07, 6.45) is -10.5. The minimum Gasteiger partial charge on any atom is -0.494 e. The van der Waals surface area contributed by atoms with Gasteiger partial charge in [-0.15, -0.1) is 0 Å². The van der Waals surface area contributed by atoms with E-state index in [4.69, 9.17) is 18.9 Å². The zero-order valence-corrected chi connectivity index (χ0v) is 30.9. The molecule has 4 rings (SSSR count). The summed E-state index contributed by atoms with van der Waals surface area (Å²) in [5, 5.41) is 18.5. The van der Waals surface area contributed by atoms with Crippen molar-refractivity contribution in [2.45, 2.75) is 76.9 Å². The van der Waals surface area contributed by atoms with Crippen LogP contribution in [-0.4, -0.2) is 60.8 Å². The van der Waals surface area contributed by atoms with Gasteiger partial charge in [0.05, 0.1) is 24.3 Å². The van der Waals surface area contributed by atoms with Crippen molar-refractivity contribution in [1.82, 2.24) is 0 Å². The lowest BCUT2D eigenvalue weighted by Gasteiger charge is -2.19. The van der Waals surface area contributed by atoms with Gasteiger partial charge in [0, 0.05) is 26.1 Å². The fraction of sp³-hybridized carbons (Fsp3) is 0.381. The molecule has 0 radical (unpaired) electrons. The molecule has 302 valence electrons. The van der Waals surface area contributed by atoms with Gasteiger partial charge in [0.15, 0.2) is 12.2 Å². The summed E-state index contributed by atoms with van der Waals surface area (Å²) in [6.45, 7) is 4.21. The van der Waals surface area contributed by atoms with E-state index in [2.05, 4.69) is 0 Å². The van der Waals surface area contributed by atoms with Gasteiger partial charge in [-0.1, -0.05) is 48.5 Å². The third-order valence-electron chi connectivity index (χ3n) is 8.80. The number of hydrogen-bond donors (Lipinski definition) is 2. The highest BCUT2D eigenvalue weighted by Crippen LogP contribution is 2.43. The molecule has 0 unspecified atom stereocenters. The van der Waals surface area contributed by atoms with Crippen LogP contribution in [0, 0.1) is 0 Å². The van der Waals surface area contributed by atoms with Crippen molar-refractivity contribution in [3.8, 4) is 22.6 Å². The molecule has 56 heavy (non-hydrogen) atoms. The molecule has 0 bridgehead atoms. The standard InChI is InChI=1S/C42H44F6O8/c1-3-53-37(39(49)50)25-29-9-15-31(16-10-29)55-21-5-7-27-13-19-33(35(23-27)41(43,44)45)34-20-14-28(24-36(34)42(46,47)48)8-6-22-56-32-17-11-30(12-18-32)26-38(40(51)52)54-4-2/h9-20,23-24,37-38H,3-8,21-22,25-26H2,1-2H3,(H,49,50)(H,51,52)/t37-,38-/m0/s1. The van der Waals surface area contributed by atoms with Gasteiger partial charge in [-0.2, -0.15) is 26.3 Å². The zero-order valence-electron chi connectivity index (χ0n) is 30.9. The van der Waals surface area contributed by atoms with Crippen LogP contribution >= 0.6 is 0 Å². The molecule has 2 N–H and O–H groups in total. The minimum atomic E-state index is -4.93. The number of benzene rings is 4. The van der Waals surface area contributed by atoms with Gasteiger partial charge in [0.25, 0.3) is 0 Å². The van der Waals surface area contributed by atoms with Crippen LogP contribution in [0.1, 0.15) is 60.1 Å². The first kappa shape index (κ1) is 43.6. The highest BCUT2D eigenvalue weighted by atomic mass is 19.4. The van der Waals surface area contributed by atoms with Crippen LogP contribution in [-0.2, 0) is 57.1 Å². The summed E-state index contributed by atoms with van der Waals surface area (Å²) in [6, 6.07) is 20.1. The first-order chi connectivity index (χ1) is 26.6. The maximum absolute atomic E-state index is 14.3. The molecule has 0 heterocycles. The average molecular weight is 791 g/mol. The fourth-order valence-electron chi connectivity index (χ4n) is 6.07. The van der Waals surface area contributed by atoms with Crippen molar-refractivity contribution in [3.63, 3.8) is 0 Å². The Morgan fingerprint density at radius 2 is 0.893 bits per heavy atom. The Bertz CT molecular complexity index is 1740. The molecule has 0 spiro atoms. The normalized spacial score (nSPS) is 12.9. The molecule has 8 nitrogen and oxygen atoms in total. The second kappa shape index (κ2) is 20.2. The Hall–Kier alpha value is -5.08. The van der Waals surface area contributed by atoms with Crippen molar-refractivity contribution < 1.29 is 65.1 Å². The summed E-state index contributed by atoms with van der Waals surface area (Å²) in [5.41, 5.74) is -1.49. The van der Waals surface area contributed by atoms with Gasteiger partial charge in [-0.3, -0.25) is 0 Å². The molecule has 0 aliphatic rings. The number of ether oxygens (including phenoxy) is 4. The van der Waals surface area contributed by atoms with Crippen molar-refractivity contribution >= 4 is 11.9 Å². The van der Waals surface area contributed by atoms with E-state index in [0.717, 1.165) is 35.4 Å². The van der Waals surface area contributed by atoms with Crippen molar-refractivity contribution in [3.05, 3.63) is 118 Å². The van der Waals surface area contributed by atoms with E-state index in [0.29, 0.717) is 24.3 Å². The van der Waals surface area contributed by atoms with E-state index in [1.807, 2.05) is 0 Å². The maximum Gasteiger partial charge on any atom is 0.417 e. The van der Waals surface area contributed by atoms with Crippen LogP contribution in [0.25, 0.3) is 11.1 Å². The molecule has 0 saturated carbocycles. The Morgan fingerprint density at radius 1 is 0.554 bits per heavy atom. The largest absolute Gasteiger partial charge is 0.494 e. The lowest BCUT2D eigenvalue weighted by molar-refractivity contribution is -0.150. The minimum absolute atomic E-state index is 0.153. The molecule has 4 aromatic rings. The zero-order chi connectivity index (χ0) is 40.9. The predicted octanol–water partition coefficient (Wildman–Crippen LogP) is 9.48. The molecule has 0 aromatic heterocycles. The summed E-state index contributed by atoms with van der Waals surface area (Å²) in [5.74, 6) is -1.18. The molecule has 2 atom stereocenters. The second-order valence-corrected chi connectivity index (χ2v) is 12.9. The number of halogens is 6. The summed E-state index contributed by atoms with van der Waals surface area (Å²) < 4.78 is 108. The number of aryl methyl sites for hydroxylation is 2. The molecule has 0 aliphatic heterocycles.